The zero-order chi connectivity index (χ0) is 14.3. The van der Waals surface area contributed by atoms with Gasteiger partial charge in [0.2, 0.25) is 5.91 Å². The molecule has 4 heteroatoms. The van der Waals surface area contributed by atoms with Gasteiger partial charge >= 0.3 is 0 Å². The van der Waals surface area contributed by atoms with E-state index in [0.717, 1.165) is 5.75 Å². The maximum atomic E-state index is 11.6. The van der Waals surface area contributed by atoms with Gasteiger partial charge in [-0.1, -0.05) is 17.7 Å². The molecule has 1 rings (SSSR count). The van der Waals surface area contributed by atoms with Crippen LogP contribution in [0, 0.1) is 6.92 Å². The molecule has 0 saturated heterocycles. The molecule has 2 unspecified atom stereocenters. The maximum Gasteiger partial charge on any atom is 0.223 e. The fourth-order valence-electron chi connectivity index (χ4n) is 1.81. The summed E-state index contributed by atoms with van der Waals surface area (Å²) in [4.78, 5) is 11.6. The number of nitrogens with one attached hydrogen (secondary N) is 1. The number of hydrogen-bond donors (Lipinski definition) is 2. The standard InChI is InChI=1S/C15H23NO3/c1-11-4-6-14(7-5-11)19-9-8-15(18)16-12(2)10-13(3)17/h4-7,12-13,17H,8-10H2,1-3H3,(H,16,18). The van der Waals surface area contributed by atoms with Crippen LogP contribution in [0.1, 0.15) is 32.3 Å². The van der Waals surface area contributed by atoms with Gasteiger partial charge in [0.25, 0.3) is 0 Å². The van der Waals surface area contributed by atoms with Crippen molar-refractivity contribution in [3.05, 3.63) is 29.8 Å². The van der Waals surface area contributed by atoms with Gasteiger partial charge in [0.15, 0.2) is 0 Å². The van der Waals surface area contributed by atoms with Gasteiger partial charge in [0.05, 0.1) is 19.1 Å². The number of aliphatic hydroxyl groups excluding tert-OH is 1. The predicted octanol–water partition coefficient (Wildman–Crippen LogP) is 2.04. The first-order valence-electron chi connectivity index (χ1n) is 6.64. The predicted molar refractivity (Wildman–Crippen MR) is 75.2 cm³/mol. The van der Waals surface area contributed by atoms with Crippen molar-refractivity contribution in [1.82, 2.24) is 5.32 Å². The quantitative estimate of drug-likeness (QED) is 0.793. The van der Waals surface area contributed by atoms with Crippen LogP contribution in [0.2, 0.25) is 0 Å². The van der Waals surface area contributed by atoms with Crippen LogP contribution < -0.4 is 10.1 Å². The van der Waals surface area contributed by atoms with Gasteiger partial charge in [-0.05, 0) is 39.3 Å². The van der Waals surface area contributed by atoms with Crippen molar-refractivity contribution in [2.45, 2.75) is 45.8 Å². The Kier molecular flexibility index (Phi) is 6.36. The number of amides is 1. The summed E-state index contributed by atoms with van der Waals surface area (Å²) >= 11 is 0. The Labute approximate surface area is 114 Å². The summed E-state index contributed by atoms with van der Waals surface area (Å²) in [5.41, 5.74) is 1.18. The first-order valence-corrected chi connectivity index (χ1v) is 6.64. The molecule has 19 heavy (non-hydrogen) atoms. The first kappa shape index (κ1) is 15.5. The summed E-state index contributed by atoms with van der Waals surface area (Å²) in [6, 6.07) is 7.71. The Bertz CT molecular complexity index is 387. The van der Waals surface area contributed by atoms with E-state index < -0.39 is 6.10 Å². The number of aliphatic hydroxyl groups is 1. The molecule has 4 nitrogen and oxygen atoms in total. The number of rotatable bonds is 7. The maximum absolute atomic E-state index is 11.6. The average molecular weight is 265 g/mol. The second kappa shape index (κ2) is 7.79. The van der Waals surface area contributed by atoms with E-state index in [-0.39, 0.29) is 11.9 Å². The minimum atomic E-state index is -0.404. The zero-order valence-corrected chi connectivity index (χ0v) is 11.8. The molecule has 106 valence electrons. The van der Waals surface area contributed by atoms with Crippen LogP contribution in [0.5, 0.6) is 5.75 Å². The molecule has 1 amide bonds. The van der Waals surface area contributed by atoms with E-state index in [4.69, 9.17) is 4.74 Å². The van der Waals surface area contributed by atoms with Crippen molar-refractivity contribution in [3.8, 4) is 5.75 Å². The fraction of sp³-hybridized carbons (Fsp3) is 0.533. The second-order valence-corrected chi connectivity index (χ2v) is 4.96. The zero-order valence-electron chi connectivity index (χ0n) is 11.8. The molecule has 0 spiro atoms. The van der Waals surface area contributed by atoms with Gasteiger partial charge in [0.1, 0.15) is 5.75 Å². The third-order valence-corrected chi connectivity index (χ3v) is 2.72. The Balaban J connectivity index is 2.21. The van der Waals surface area contributed by atoms with E-state index >= 15 is 0 Å². The summed E-state index contributed by atoms with van der Waals surface area (Å²) < 4.78 is 5.48. The third-order valence-electron chi connectivity index (χ3n) is 2.72. The monoisotopic (exact) mass is 265 g/mol. The highest BCUT2D eigenvalue weighted by Crippen LogP contribution is 2.11. The van der Waals surface area contributed by atoms with Crippen LogP contribution in [0.25, 0.3) is 0 Å². The highest BCUT2D eigenvalue weighted by atomic mass is 16.5. The van der Waals surface area contributed by atoms with Gasteiger partial charge in [-0.15, -0.1) is 0 Å². The fourth-order valence-corrected chi connectivity index (χ4v) is 1.81. The van der Waals surface area contributed by atoms with E-state index in [2.05, 4.69) is 5.32 Å². The first-order chi connectivity index (χ1) is 8.97. The Morgan fingerprint density at radius 3 is 2.53 bits per heavy atom. The Morgan fingerprint density at radius 2 is 1.95 bits per heavy atom. The minimum absolute atomic E-state index is 0.0214. The molecule has 0 aromatic heterocycles. The van der Waals surface area contributed by atoms with Gasteiger partial charge < -0.3 is 15.2 Å². The van der Waals surface area contributed by atoms with Crippen LogP contribution in [0.4, 0.5) is 0 Å². The number of aryl methyl sites for hydroxylation is 1. The smallest absolute Gasteiger partial charge is 0.223 e. The molecule has 0 heterocycles. The van der Waals surface area contributed by atoms with Crippen molar-refractivity contribution >= 4 is 5.91 Å². The van der Waals surface area contributed by atoms with Gasteiger partial charge in [-0.2, -0.15) is 0 Å². The van der Waals surface area contributed by atoms with Crippen LogP contribution in [0.15, 0.2) is 24.3 Å². The van der Waals surface area contributed by atoms with Crippen molar-refractivity contribution in [3.63, 3.8) is 0 Å². The topological polar surface area (TPSA) is 58.6 Å². The molecule has 1 aromatic rings. The van der Waals surface area contributed by atoms with Crippen LogP contribution in [0.3, 0.4) is 0 Å². The summed E-state index contributed by atoms with van der Waals surface area (Å²) in [7, 11) is 0. The lowest BCUT2D eigenvalue weighted by molar-refractivity contribution is -0.122. The molecule has 0 aliphatic rings. The molecule has 0 radical (unpaired) electrons. The number of benzene rings is 1. The molecule has 2 atom stereocenters. The molecule has 0 bridgehead atoms. The van der Waals surface area contributed by atoms with E-state index in [1.165, 1.54) is 5.56 Å². The van der Waals surface area contributed by atoms with Gasteiger partial charge in [-0.3, -0.25) is 4.79 Å². The van der Waals surface area contributed by atoms with Crippen LogP contribution in [-0.4, -0.2) is 29.8 Å². The van der Waals surface area contributed by atoms with Gasteiger partial charge in [0, 0.05) is 6.04 Å². The van der Waals surface area contributed by atoms with E-state index in [0.29, 0.717) is 19.4 Å². The highest BCUT2D eigenvalue weighted by Gasteiger charge is 2.09. The molecule has 1 aromatic carbocycles. The van der Waals surface area contributed by atoms with Crippen LogP contribution >= 0.6 is 0 Å². The molecular weight excluding hydrogens is 242 g/mol. The van der Waals surface area contributed by atoms with Gasteiger partial charge in [-0.25, -0.2) is 0 Å². The van der Waals surface area contributed by atoms with Crippen molar-refractivity contribution in [1.29, 1.82) is 0 Å². The second-order valence-electron chi connectivity index (χ2n) is 4.96. The number of carbonyl (C=O) groups is 1. The molecule has 0 saturated carbocycles. The molecule has 0 aliphatic carbocycles. The summed E-state index contributed by atoms with van der Waals surface area (Å²) in [5.74, 6) is 0.718. The molecular formula is C15H23NO3. The minimum Gasteiger partial charge on any atom is -0.493 e. The number of hydrogen-bond acceptors (Lipinski definition) is 3. The third kappa shape index (κ3) is 6.82. The SMILES string of the molecule is Cc1ccc(OCCC(=O)NC(C)CC(C)O)cc1. The molecule has 0 fully saturated rings. The molecule has 0 aliphatic heterocycles. The Morgan fingerprint density at radius 1 is 1.32 bits per heavy atom. The highest BCUT2D eigenvalue weighted by molar-refractivity contribution is 5.76. The van der Waals surface area contributed by atoms with Crippen molar-refractivity contribution in [2.75, 3.05) is 6.61 Å². The normalized spacial score (nSPS) is 13.7. The summed E-state index contributed by atoms with van der Waals surface area (Å²) in [6.45, 7) is 5.96. The Hall–Kier alpha value is -1.55. The number of ether oxygens (including phenoxy) is 1. The largest absolute Gasteiger partial charge is 0.493 e. The van der Waals surface area contributed by atoms with Crippen molar-refractivity contribution < 1.29 is 14.6 Å². The average Bonchev–Trinajstić information content (AvgIpc) is 2.30. The van der Waals surface area contributed by atoms with Crippen molar-refractivity contribution in [2.24, 2.45) is 0 Å². The van der Waals surface area contributed by atoms with E-state index in [1.54, 1.807) is 6.92 Å². The van der Waals surface area contributed by atoms with E-state index in [1.807, 2.05) is 38.1 Å². The number of carbonyl (C=O) groups excluding carboxylic acids is 1. The van der Waals surface area contributed by atoms with Crippen LogP contribution in [-0.2, 0) is 4.79 Å². The lowest BCUT2D eigenvalue weighted by Gasteiger charge is -2.15. The summed E-state index contributed by atoms with van der Waals surface area (Å²) in [6.07, 6.45) is 0.474. The lowest BCUT2D eigenvalue weighted by atomic mass is 10.1. The summed E-state index contributed by atoms with van der Waals surface area (Å²) in [5, 5.41) is 12.0. The lowest BCUT2D eigenvalue weighted by Crippen LogP contribution is -2.35. The molecule has 2 N–H and O–H groups in total. The van der Waals surface area contributed by atoms with E-state index in [9.17, 15) is 9.90 Å².